The Hall–Kier alpha value is -1.70. The number of anilines is 1. The van der Waals surface area contributed by atoms with Crippen molar-refractivity contribution >= 4 is 16.9 Å². The van der Waals surface area contributed by atoms with E-state index in [-0.39, 0.29) is 18.2 Å². The van der Waals surface area contributed by atoms with E-state index in [1.165, 1.54) is 12.8 Å². The number of hydrogen-bond donors (Lipinski definition) is 2. The predicted molar refractivity (Wildman–Crippen MR) is 108 cm³/mol. The van der Waals surface area contributed by atoms with Crippen molar-refractivity contribution in [1.82, 2.24) is 19.9 Å². The quantitative estimate of drug-likeness (QED) is 0.796. The third-order valence-electron chi connectivity index (χ3n) is 6.12. The third-order valence-corrected chi connectivity index (χ3v) is 6.12. The highest BCUT2D eigenvalue weighted by Crippen LogP contribution is 2.47. The van der Waals surface area contributed by atoms with E-state index < -0.39 is 5.79 Å². The first-order valence-electron chi connectivity index (χ1n) is 10.6. The Morgan fingerprint density at radius 2 is 2.00 bits per heavy atom. The van der Waals surface area contributed by atoms with Crippen LogP contribution in [0, 0.1) is 5.92 Å². The molecule has 28 heavy (non-hydrogen) atoms. The average Bonchev–Trinajstić information content (AvgIpc) is 3.11. The highest BCUT2D eigenvalue weighted by Gasteiger charge is 2.54. The van der Waals surface area contributed by atoms with Crippen molar-refractivity contribution < 1.29 is 9.47 Å². The van der Waals surface area contributed by atoms with Crippen LogP contribution < -0.4 is 10.6 Å². The summed E-state index contributed by atoms with van der Waals surface area (Å²) >= 11 is 0. The Labute approximate surface area is 166 Å². The molecular formula is C21H31N5O2. The van der Waals surface area contributed by atoms with Crippen LogP contribution in [0.5, 0.6) is 0 Å². The van der Waals surface area contributed by atoms with Crippen molar-refractivity contribution in [1.29, 1.82) is 0 Å². The van der Waals surface area contributed by atoms with E-state index >= 15 is 0 Å². The van der Waals surface area contributed by atoms with E-state index in [9.17, 15) is 0 Å². The number of nitrogens with one attached hydrogen (secondary N) is 2. The standard InChI is InChI=1S/C21H31N5O2/c1-12(2)22-10-13-9-16(18-17(13)27-21(3,4)28-18)26-8-7-15-19(25-14-5-6-14)23-11-24-20(15)26/h7-8,11-14,16-18,22H,5-6,9-10H2,1-4H3,(H,23,24,25). The fourth-order valence-corrected chi connectivity index (χ4v) is 4.69. The molecule has 2 saturated carbocycles. The second-order valence-electron chi connectivity index (χ2n) is 9.29. The van der Waals surface area contributed by atoms with E-state index in [0.717, 1.165) is 29.8 Å². The van der Waals surface area contributed by atoms with Crippen LogP contribution in [0.25, 0.3) is 11.0 Å². The zero-order valence-electron chi connectivity index (χ0n) is 17.2. The van der Waals surface area contributed by atoms with Gasteiger partial charge in [0.25, 0.3) is 0 Å². The van der Waals surface area contributed by atoms with Crippen LogP contribution >= 0.6 is 0 Å². The first-order chi connectivity index (χ1) is 13.4. The largest absolute Gasteiger partial charge is 0.367 e. The number of rotatable bonds is 6. The van der Waals surface area contributed by atoms with Gasteiger partial charge in [-0.1, -0.05) is 13.8 Å². The molecule has 1 aliphatic heterocycles. The van der Waals surface area contributed by atoms with E-state index in [0.29, 0.717) is 18.0 Å². The Balaban J connectivity index is 1.46. The second kappa shape index (κ2) is 6.68. The SMILES string of the molecule is CC(C)NCC1CC(n2ccc3c(NC4CC4)ncnc32)C2OC(C)(C)OC12. The summed E-state index contributed by atoms with van der Waals surface area (Å²) in [5.41, 5.74) is 0.979. The van der Waals surface area contributed by atoms with Gasteiger partial charge in [-0.25, -0.2) is 9.97 Å². The molecule has 3 heterocycles. The molecule has 0 spiro atoms. The highest BCUT2D eigenvalue weighted by molar-refractivity contribution is 5.87. The van der Waals surface area contributed by atoms with Crippen LogP contribution in [0.4, 0.5) is 5.82 Å². The number of hydrogen-bond acceptors (Lipinski definition) is 6. The lowest BCUT2D eigenvalue weighted by Gasteiger charge is -2.25. The molecule has 2 aromatic heterocycles. The van der Waals surface area contributed by atoms with E-state index in [2.05, 4.69) is 51.3 Å². The lowest BCUT2D eigenvalue weighted by atomic mass is 10.1. The first kappa shape index (κ1) is 18.3. The summed E-state index contributed by atoms with van der Waals surface area (Å²) in [4.78, 5) is 9.10. The lowest BCUT2D eigenvalue weighted by Crippen LogP contribution is -2.35. The molecule has 0 amide bonds. The molecule has 152 valence electrons. The van der Waals surface area contributed by atoms with Gasteiger partial charge in [0.15, 0.2) is 5.79 Å². The number of nitrogens with zero attached hydrogens (tertiary/aromatic N) is 3. The van der Waals surface area contributed by atoms with Crippen molar-refractivity contribution in [2.24, 2.45) is 5.92 Å². The van der Waals surface area contributed by atoms with Crippen LogP contribution in [0.3, 0.4) is 0 Å². The van der Waals surface area contributed by atoms with E-state index in [1.54, 1.807) is 6.33 Å². The van der Waals surface area contributed by atoms with Gasteiger partial charge in [0, 0.05) is 30.7 Å². The van der Waals surface area contributed by atoms with Gasteiger partial charge in [0.1, 0.15) is 23.9 Å². The minimum atomic E-state index is -0.541. The molecule has 3 aliphatic rings. The summed E-state index contributed by atoms with van der Waals surface area (Å²) in [5.74, 6) is 0.825. The van der Waals surface area contributed by atoms with Gasteiger partial charge in [-0.15, -0.1) is 0 Å². The monoisotopic (exact) mass is 385 g/mol. The van der Waals surface area contributed by atoms with Crippen LogP contribution in [-0.4, -0.2) is 51.2 Å². The predicted octanol–water partition coefficient (Wildman–Crippen LogP) is 3.08. The highest BCUT2D eigenvalue weighted by atomic mass is 16.8. The second-order valence-corrected chi connectivity index (χ2v) is 9.29. The first-order valence-corrected chi connectivity index (χ1v) is 10.6. The maximum atomic E-state index is 6.37. The Bertz CT molecular complexity index is 860. The number of ether oxygens (including phenoxy) is 2. The van der Waals surface area contributed by atoms with Crippen molar-refractivity contribution in [3.63, 3.8) is 0 Å². The molecule has 7 nitrogen and oxygen atoms in total. The summed E-state index contributed by atoms with van der Waals surface area (Å²) in [7, 11) is 0. The molecule has 7 heteroatoms. The van der Waals surface area contributed by atoms with Crippen LogP contribution in [0.1, 0.15) is 53.0 Å². The molecule has 2 N–H and O–H groups in total. The van der Waals surface area contributed by atoms with E-state index in [1.807, 2.05) is 13.8 Å². The summed E-state index contributed by atoms with van der Waals surface area (Å²) < 4.78 is 15.0. The van der Waals surface area contributed by atoms with Crippen LogP contribution in [0.15, 0.2) is 18.6 Å². The van der Waals surface area contributed by atoms with Gasteiger partial charge in [0.05, 0.1) is 17.5 Å². The number of aromatic nitrogens is 3. The Morgan fingerprint density at radius 3 is 2.75 bits per heavy atom. The maximum absolute atomic E-state index is 6.37. The van der Waals surface area contributed by atoms with Gasteiger partial charge in [0.2, 0.25) is 0 Å². The molecule has 5 rings (SSSR count). The fraction of sp³-hybridized carbons (Fsp3) is 0.714. The van der Waals surface area contributed by atoms with Crippen molar-refractivity contribution in [3.05, 3.63) is 18.6 Å². The molecular weight excluding hydrogens is 354 g/mol. The molecule has 2 aromatic rings. The summed E-state index contributed by atoms with van der Waals surface area (Å²) in [6.07, 6.45) is 7.43. The Morgan fingerprint density at radius 1 is 1.21 bits per heavy atom. The van der Waals surface area contributed by atoms with Gasteiger partial charge in [-0.2, -0.15) is 0 Å². The molecule has 2 aliphatic carbocycles. The lowest BCUT2D eigenvalue weighted by molar-refractivity contribution is -0.160. The van der Waals surface area contributed by atoms with Crippen LogP contribution in [0.2, 0.25) is 0 Å². The van der Waals surface area contributed by atoms with Gasteiger partial charge in [-0.05, 0) is 39.2 Å². The fourth-order valence-electron chi connectivity index (χ4n) is 4.69. The van der Waals surface area contributed by atoms with Crippen molar-refractivity contribution in [3.8, 4) is 0 Å². The molecule has 0 bridgehead atoms. The minimum absolute atomic E-state index is 0.0411. The zero-order valence-corrected chi connectivity index (χ0v) is 17.2. The smallest absolute Gasteiger partial charge is 0.163 e. The Kier molecular flexibility index (Phi) is 4.37. The topological polar surface area (TPSA) is 73.2 Å². The molecule has 1 saturated heterocycles. The maximum Gasteiger partial charge on any atom is 0.163 e. The average molecular weight is 386 g/mol. The number of fused-ring (bicyclic) bond motifs is 2. The van der Waals surface area contributed by atoms with Gasteiger partial charge < -0.3 is 24.7 Å². The molecule has 3 fully saturated rings. The summed E-state index contributed by atoms with van der Waals surface area (Å²) in [6, 6.07) is 3.38. The minimum Gasteiger partial charge on any atom is -0.367 e. The zero-order chi connectivity index (χ0) is 19.5. The normalized spacial score (nSPS) is 31.6. The van der Waals surface area contributed by atoms with Crippen molar-refractivity contribution in [2.75, 3.05) is 11.9 Å². The summed E-state index contributed by atoms with van der Waals surface area (Å²) in [5, 5.41) is 8.21. The third kappa shape index (κ3) is 3.29. The molecule has 4 unspecified atom stereocenters. The summed E-state index contributed by atoms with van der Waals surface area (Å²) in [6.45, 7) is 9.35. The van der Waals surface area contributed by atoms with Gasteiger partial charge in [-0.3, -0.25) is 0 Å². The van der Waals surface area contributed by atoms with E-state index in [4.69, 9.17) is 9.47 Å². The molecule has 4 atom stereocenters. The van der Waals surface area contributed by atoms with Crippen molar-refractivity contribution in [2.45, 2.75) is 83.1 Å². The molecule has 0 aromatic carbocycles. The van der Waals surface area contributed by atoms with Crippen LogP contribution in [-0.2, 0) is 9.47 Å². The molecule has 0 radical (unpaired) electrons. The van der Waals surface area contributed by atoms with Gasteiger partial charge >= 0.3 is 0 Å².